The molecule has 1 aromatic carbocycles. The predicted octanol–water partition coefficient (Wildman–Crippen LogP) is 4.30. The Morgan fingerprint density at radius 2 is 2.18 bits per heavy atom. The van der Waals surface area contributed by atoms with Gasteiger partial charge in [-0.1, -0.05) is 19.8 Å². The molecule has 4 nitrogen and oxygen atoms in total. The molecule has 0 aliphatic heterocycles. The highest BCUT2D eigenvalue weighted by Crippen LogP contribution is 2.30. The van der Waals surface area contributed by atoms with E-state index in [0.717, 1.165) is 42.5 Å². The Morgan fingerprint density at radius 1 is 1.32 bits per heavy atom. The Hall–Kier alpha value is -1.97. The summed E-state index contributed by atoms with van der Waals surface area (Å²) in [6.07, 6.45) is 7.37. The number of aromatic nitrogens is 1. The molecule has 1 aliphatic rings. The molecule has 2 aromatic rings. The first-order valence-electron chi connectivity index (χ1n) is 8.19. The second-order valence-corrected chi connectivity index (χ2v) is 6.01. The van der Waals surface area contributed by atoms with Crippen molar-refractivity contribution in [2.24, 2.45) is 5.92 Å². The van der Waals surface area contributed by atoms with Crippen LogP contribution in [0, 0.1) is 5.92 Å². The largest absolute Gasteiger partial charge is 0.493 e. The van der Waals surface area contributed by atoms with E-state index in [-0.39, 0.29) is 5.97 Å². The smallest absolute Gasteiger partial charge is 0.340 e. The lowest BCUT2D eigenvalue weighted by Gasteiger charge is -2.06. The molecule has 0 unspecified atom stereocenters. The van der Waals surface area contributed by atoms with E-state index >= 15 is 0 Å². The number of hydrogen-bond donors (Lipinski definition) is 1. The molecule has 3 rings (SSSR count). The quantitative estimate of drug-likeness (QED) is 0.584. The number of esters is 1. The van der Waals surface area contributed by atoms with Crippen LogP contribution in [-0.2, 0) is 4.74 Å². The molecule has 4 heteroatoms. The van der Waals surface area contributed by atoms with Crippen molar-refractivity contribution in [2.45, 2.75) is 39.0 Å². The summed E-state index contributed by atoms with van der Waals surface area (Å²) in [5.41, 5.74) is 1.52. The Kier molecular flexibility index (Phi) is 4.66. The zero-order valence-corrected chi connectivity index (χ0v) is 13.1. The fourth-order valence-corrected chi connectivity index (χ4v) is 2.45. The highest BCUT2D eigenvalue weighted by Gasteiger charge is 2.22. The van der Waals surface area contributed by atoms with Crippen LogP contribution in [-0.4, -0.2) is 24.2 Å². The Labute approximate surface area is 130 Å². The summed E-state index contributed by atoms with van der Waals surface area (Å²) in [6.45, 7) is 3.38. The Balaban J connectivity index is 1.68. The second kappa shape index (κ2) is 6.86. The number of ether oxygens (including phenoxy) is 2. The molecule has 1 aliphatic carbocycles. The number of benzene rings is 1. The summed E-state index contributed by atoms with van der Waals surface area (Å²) in [6, 6.07) is 5.82. The molecule has 0 saturated heterocycles. The lowest BCUT2D eigenvalue weighted by atomic mass is 10.1. The maximum atomic E-state index is 12.2. The van der Waals surface area contributed by atoms with Crippen LogP contribution in [0.1, 0.15) is 49.4 Å². The average Bonchev–Trinajstić information content (AvgIpc) is 3.27. The molecule has 0 radical (unpaired) electrons. The van der Waals surface area contributed by atoms with E-state index < -0.39 is 0 Å². The summed E-state index contributed by atoms with van der Waals surface area (Å²) >= 11 is 0. The molecule has 22 heavy (non-hydrogen) atoms. The van der Waals surface area contributed by atoms with Crippen LogP contribution >= 0.6 is 0 Å². The van der Waals surface area contributed by atoms with Crippen LogP contribution in [0.15, 0.2) is 24.4 Å². The highest BCUT2D eigenvalue weighted by atomic mass is 16.5. The molecule has 1 aromatic heterocycles. The Morgan fingerprint density at radius 3 is 2.95 bits per heavy atom. The fraction of sp³-hybridized carbons (Fsp3) is 0.500. The van der Waals surface area contributed by atoms with Gasteiger partial charge in [0.15, 0.2) is 0 Å². The number of carbonyl (C=O) groups is 1. The summed E-state index contributed by atoms with van der Waals surface area (Å²) in [5.74, 6) is 1.27. The number of rotatable bonds is 8. The van der Waals surface area contributed by atoms with E-state index in [0.29, 0.717) is 18.1 Å². The standard InChI is InChI=1S/C18H23NO3/c1-2-3-4-9-21-18(20)16-11-19-17-8-7-14(10-15(16)17)22-12-13-5-6-13/h7-8,10-11,13,19H,2-6,9,12H2,1H3. The van der Waals surface area contributed by atoms with Crippen LogP contribution < -0.4 is 4.74 Å². The molecular formula is C18H23NO3. The van der Waals surface area contributed by atoms with Gasteiger partial charge in [-0.3, -0.25) is 0 Å². The predicted molar refractivity (Wildman–Crippen MR) is 86.3 cm³/mol. The van der Waals surface area contributed by atoms with Gasteiger partial charge < -0.3 is 14.5 Å². The van der Waals surface area contributed by atoms with Crippen LogP contribution in [0.2, 0.25) is 0 Å². The number of unbranched alkanes of at least 4 members (excludes halogenated alkanes) is 2. The number of carbonyl (C=O) groups excluding carboxylic acids is 1. The van der Waals surface area contributed by atoms with E-state index in [4.69, 9.17) is 9.47 Å². The first-order valence-corrected chi connectivity index (χ1v) is 8.19. The van der Waals surface area contributed by atoms with Gasteiger partial charge in [0.2, 0.25) is 0 Å². The molecule has 1 heterocycles. The zero-order chi connectivity index (χ0) is 15.4. The average molecular weight is 301 g/mol. The fourth-order valence-electron chi connectivity index (χ4n) is 2.45. The van der Waals surface area contributed by atoms with Crippen LogP contribution in [0.5, 0.6) is 5.75 Å². The van der Waals surface area contributed by atoms with Crippen LogP contribution in [0.4, 0.5) is 0 Å². The van der Waals surface area contributed by atoms with Gasteiger partial charge in [0, 0.05) is 17.1 Å². The molecule has 0 atom stereocenters. The van der Waals surface area contributed by atoms with E-state index in [1.54, 1.807) is 6.20 Å². The number of H-pyrrole nitrogens is 1. The van der Waals surface area contributed by atoms with Gasteiger partial charge in [0.05, 0.1) is 18.8 Å². The van der Waals surface area contributed by atoms with Gasteiger partial charge in [0.25, 0.3) is 0 Å². The third-order valence-corrected chi connectivity index (χ3v) is 4.04. The molecule has 118 valence electrons. The maximum Gasteiger partial charge on any atom is 0.340 e. The van der Waals surface area contributed by atoms with E-state index in [1.807, 2.05) is 18.2 Å². The third kappa shape index (κ3) is 3.62. The summed E-state index contributed by atoms with van der Waals surface area (Å²) in [5, 5.41) is 0.869. The van der Waals surface area contributed by atoms with Gasteiger partial charge in [-0.2, -0.15) is 0 Å². The molecule has 0 amide bonds. The Bertz CT molecular complexity index is 643. The number of hydrogen-bond acceptors (Lipinski definition) is 3. The van der Waals surface area contributed by atoms with Crippen LogP contribution in [0.3, 0.4) is 0 Å². The molecule has 0 spiro atoms. The maximum absolute atomic E-state index is 12.2. The highest BCUT2D eigenvalue weighted by molar-refractivity contribution is 6.04. The van der Waals surface area contributed by atoms with Gasteiger partial charge in [-0.15, -0.1) is 0 Å². The second-order valence-electron chi connectivity index (χ2n) is 6.01. The first-order chi connectivity index (χ1) is 10.8. The van der Waals surface area contributed by atoms with E-state index in [2.05, 4.69) is 11.9 Å². The summed E-state index contributed by atoms with van der Waals surface area (Å²) < 4.78 is 11.1. The third-order valence-electron chi connectivity index (χ3n) is 4.04. The minimum atomic E-state index is -0.262. The lowest BCUT2D eigenvalue weighted by molar-refractivity contribution is 0.0500. The summed E-state index contributed by atoms with van der Waals surface area (Å²) in [4.78, 5) is 15.3. The van der Waals surface area contributed by atoms with Gasteiger partial charge in [-0.05, 0) is 43.4 Å². The monoisotopic (exact) mass is 301 g/mol. The van der Waals surface area contributed by atoms with Crippen molar-refractivity contribution in [1.82, 2.24) is 4.98 Å². The molecule has 1 fully saturated rings. The topological polar surface area (TPSA) is 51.3 Å². The molecular weight excluding hydrogens is 278 g/mol. The first kappa shape index (κ1) is 14.9. The van der Waals surface area contributed by atoms with Crippen molar-refractivity contribution in [3.63, 3.8) is 0 Å². The van der Waals surface area contributed by atoms with Crippen molar-refractivity contribution >= 4 is 16.9 Å². The van der Waals surface area contributed by atoms with Crippen molar-refractivity contribution in [3.05, 3.63) is 30.0 Å². The number of fused-ring (bicyclic) bond motifs is 1. The molecule has 0 bridgehead atoms. The minimum absolute atomic E-state index is 0.262. The van der Waals surface area contributed by atoms with Crippen LogP contribution in [0.25, 0.3) is 10.9 Å². The normalized spacial score (nSPS) is 14.2. The van der Waals surface area contributed by atoms with Gasteiger partial charge >= 0.3 is 5.97 Å². The number of aromatic amines is 1. The summed E-state index contributed by atoms with van der Waals surface area (Å²) in [7, 11) is 0. The lowest BCUT2D eigenvalue weighted by Crippen LogP contribution is -2.06. The van der Waals surface area contributed by atoms with Gasteiger partial charge in [0.1, 0.15) is 5.75 Å². The van der Waals surface area contributed by atoms with Crippen molar-refractivity contribution in [1.29, 1.82) is 0 Å². The zero-order valence-electron chi connectivity index (χ0n) is 13.1. The molecule has 1 saturated carbocycles. The van der Waals surface area contributed by atoms with Crippen molar-refractivity contribution in [3.8, 4) is 5.75 Å². The van der Waals surface area contributed by atoms with Gasteiger partial charge in [-0.25, -0.2) is 4.79 Å². The van der Waals surface area contributed by atoms with Crippen molar-refractivity contribution < 1.29 is 14.3 Å². The molecule has 1 N–H and O–H groups in total. The SMILES string of the molecule is CCCCCOC(=O)c1c[nH]c2ccc(OCC3CC3)cc12. The number of nitrogens with one attached hydrogen (secondary N) is 1. The van der Waals surface area contributed by atoms with E-state index in [1.165, 1.54) is 12.8 Å². The van der Waals surface area contributed by atoms with E-state index in [9.17, 15) is 4.79 Å². The minimum Gasteiger partial charge on any atom is -0.493 e. The van der Waals surface area contributed by atoms with Crippen molar-refractivity contribution in [2.75, 3.05) is 13.2 Å².